The van der Waals surface area contributed by atoms with Crippen LogP contribution in [0.1, 0.15) is 0 Å². The Kier molecular flexibility index (Phi) is 4.95. The number of benzene rings is 2. The highest BCUT2D eigenvalue weighted by Crippen LogP contribution is 2.17. The summed E-state index contributed by atoms with van der Waals surface area (Å²) in [5.41, 5.74) is -0.0567. The Hall–Kier alpha value is -2.93. The van der Waals surface area contributed by atoms with Gasteiger partial charge < -0.3 is 14.6 Å². The second-order valence-electron chi connectivity index (χ2n) is 5.50. The van der Waals surface area contributed by atoms with Gasteiger partial charge in [0, 0.05) is 6.07 Å². The summed E-state index contributed by atoms with van der Waals surface area (Å²) in [5.74, 6) is 0.836. The van der Waals surface area contributed by atoms with Crippen LogP contribution in [0.15, 0.2) is 53.6 Å². The van der Waals surface area contributed by atoms with Gasteiger partial charge in [-0.15, -0.1) is 0 Å². The lowest BCUT2D eigenvalue weighted by atomic mass is 10.2. The summed E-state index contributed by atoms with van der Waals surface area (Å²) in [6, 6.07) is 10.7. The average molecular weight is 344 g/mol. The molecule has 0 spiro atoms. The monoisotopic (exact) mass is 344 g/mol. The highest BCUT2D eigenvalue weighted by atomic mass is 19.1. The van der Waals surface area contributed by atoms with Crippen molar-refractivity contribution >= 4 is 10.9 Å². The fourth-order valence-electron chi connectivity index (χ4n) is 2.41. The fraction of sp³-hybridized carbons (Fsp3) is 0.222. The highest BCUT2D eigenvalue weighted by Gasteiger charge is 2.11. The van der Waals surface area contributed by atoms with E-state index in [0.717, 1.165) is 0 Å². The van der Waals surface area contributed by atoms with Crippen LogP contribution in [0.5, 0.6) is 11.5 Å². The number of hydrogen-bond acceptors (Lipinski definition) is 5. The number of methoxy groups -OCH3 is 1. The number of fused-ring (bicyclic) bond motifs is 1. The van der Waals surface area contributed by atoms with Gasteiger partial charge in [-0.1, -0.05) is 0 Å². The van der Waals surface area contributed by atoms with Gasteiger partial charge in [-0.3, -0.25) is 9.36 Å². The molecule has 3 rings (SSSR count). The van der Waals surface area contributed by atoms with E-state index >= 15 is 0 Å². The van der Waals surface area contributed by atoms with Crippen LogP contribution in [-0.2, 0) is 6.54 Å². The molecule has 0 saturated heterocycles. The maximum absolute atomic E-state index is 13.2. The molecule has 1 aromatic heterocycles. The molecule has 0 saturated carbocycles. The van der Waals surface area contributed by atoms with E-state index in [9.17, 15) is 14.3 Å². The summed E-state index contributed by atoms with van der Waals surface area (Å²) >= 11 is 0. The molecule has 1 atom stereocenters. The maximum Gasteiger partial charge on any atom is 0.261 e. The number of ether oxygens (including phenoxy) is 2. The first-order chi connectivity index (χ1) is 12.1. The smallest absolute Gasteiger partial charge is 0.261 e. The van der Waals surface area contributed by atoms with Crippen molar-refractivity contribution in [1.29, 1.82) is 0 Å². The molecule has 3 aromatic rings. The standard InChI is InChI=1S/C18H17FN2O4/c1-24-14-3-5-15(6-4-14)25-10-13(22)9-21-11-20-17-8-12(19)2-7-16(17)18(21)23/h2-8,11,13,22H,9-10H2,1H3. The summed E-state index contributed by atoms with van der Waals surface area (Å²) in [4.78, 5) is 16.4. The van der Waals surface area contributed by atoms with Crippen LogP contribution in [0.4, 0.5) is 4.39 Å². The van der Waals surface area contributed by atoms with Gasteiger partial charge in [0.1, 0.15) is 30.0 Å². The SMILES string of the molecule is COc1ccc(OCC(O)Cn2cnc3cc(F)ccc3c2=O)cc1. The summed E-state index contributed by atoms with van der Waals surface area (Å²) in [6.07, 6.45) is 0.389. The van der Waals surface area contributed by atoms with Crippen LogP contribution in [-0.4, -0.2) is 34.5 Å². The lowest BCUT2D eigenvalue weighted by molar-refractivity contribution is 0.0914. The molecule has 0 aliphatic rings. The zero-order valence-electron chi connectivity index (χ0n) is 13.6. The molecule has 0 bridgehead atoms. The van der Waals surface area contributed by atoms with Crippen LogP contribution in [0.2, 0.25) is 0 Å². The number of rotatable bonds is 6. The van der Waals surface area contributed by atoms with E-state index in [-0.39, 0.29) is 24.2 Å². The molecule has 0 aliphatic carbocycles. The van der Waals surface area contributed by atoms with Gasteiger partial charge in [0.25, 0.3) is 5.56 Å². The molecule has 0 aliphatic heterocycles. The number of aliphatic hydroxyl groups excluding tert-OH is 1. The summed E-state index contributed by atoms with van der Waals surface area (Å²) < 4.78 is 25.0. The van der Waals surface area contributed by atoms with Crippen molar-refractivity contribution in [2.24, 2.45) is 0 Å². The van der Waals surface area contributed by atoms with Crippen LogP contribution in [0.25, 0.3) is 10.9 Å². The summed E-state index contributed by atoms with van der Waals surface area (Å²) in [6.45, 7) is 0.0372. The van der Waals surface area contributed by atoms with Gasteiger partial charge in [-0.05, 0) is 36.4 Å². The fourth-order valence-corrected chi connectivity index (χ4v) is 2.41. The van der Waals surface area contributed by atoms with Crippen molar-refractivity contribution in [3.05, 3.63) is 65.0 Å². The van der Waals surface area contributed by atoms with Crippen molar-refractivity contribution in [3.8, 4) is 11.5 Å². The zero-order chi connectivity index (χ0) is 17.8. The van der Waals surface area contributed by atoms with Crippen LogP contribution >= 0.6 is 0 Å². The van der Waals surface area contributed by atoms with Gasteiger partial charge in [0.05, 0.1) is 30.9 Å². The number of aromatic nitrogens is 2. The Balaban J connectivity index is 1.67. The first kappa shape index (κ1) is 16.9. The summed E-state index contributed by atoms with van der Waals surface area (Å²) in [7, 11) is 1.57. The topological polar surface area (TPSA) is 73.6 Å². The van der Waals surface area contributed by atoms with Crippen LogP contribution in [0, 0.1) is 5.82 Å². The first-order valence-corrected chi connectivity index (χ1v) is 7.66. The number of hydrogen-bond donors (Lipinski definition) is 1. The van der Waals surface area contributed by atoms with Crippen molar-refractivity contribution in [2.75, 3.05) is 13.7 Å². The molecule has 1 unspecified atom stereocenters. The van der Waals surface area contributed by atoms with Crippen LogP contribution < -0.4 is 15.0 Å². The lowest BCUT2D eigenvalue weighted by Gasteiger charge is -2.14. The second-order valence-corrected chi connectivity index (χ2v) is 5.50. The Labute approximate surface area is 143 Å². The maximum atomic E-state index is 13.2. The Morgan fingerprint density at radius 1 is 1.20 bits per heavy atom. The van der Waals surface area contributed by atoms with Gasteiger partial charge >= 0.3 is 0 Å². The molecule has 25 heavy (non-hydrogen) atoms. The minimum Gasteiger partial charge on any atom is -0.497 e. The van der Waals surface area contributed by atoms with E-state index in [1.54, 1.807) is 31.4 Å². The van der Waals surface area contributed by atoms with Crippen LogP contribution in [0.3, 0.4) is 0 Å². The first-order valence-electron chi connectivity index (χ1n) is 7.66. The Morgan fingerprint density at radius 2 is 1.92 bits per heavy atom. The quantitative estimate of drug-likeness (QED) is 0.740. The molecular formula is C18H17FN2O4. The molecule has 6 nitrogen and oxygen atoms in total. The zero-order valence-corrected chi connectivity index (χ0v) is 13.6. The molecule has 1 N–H and O–H groups in total. The summed E-state index contributed by atoms with van der Waals surface area (Å²) in [5, 5.41) is 10.4. The van der Waals surface area contributed by atoms with E-state index in [1.807, 2.05) is 0 Å². The van der Waals surface area contributed by atoms with Crippen molar-refractivity contribution in [3.63, 3.8) is 0 Å². The molecular weight excluding hydrogens is 327 g/mol. The van der Waals surface area contributed by atoms with Gasteiger partial charge in [-0.25, -0.2) is 9.37 Å². The van der Waals surface area contributed by atoms with E-state index in [4.69, 9.17) is 9.47 Å². The average Bonchev–Trinajstić information content (AvgIpc) is 2.62. The normalized spacial score (nSPS) is 12.1. The predicted molar refractivity (Wildman–Crippen MR) is 90.5 cm³/mol. The molecule has 0 radical (unpaired) electrons. The van der Waals surface area contributed by atoms with E-state index < -0.39 is 11.9 Å². The molecule has 2 aromatic carbocycles. The molecule has 130 valence electrons. The van der Waals surface area contributed by atoms with Gasteiger partial charge in [-0.2, -0.15) is 0 Å². The molecule has 0 amide bonds. The van der Waals surface area contributed by atoms with E-state index in [1.165, 1.54) is 29.1 Å². The molecule has 1 heterocycles. The second kappa shape index (κ2) is 7.31. The third kappa shape index (κ3) is 3.95. The largest absolute Gasteiger partial charge is 0.497 e. The highest BCUT2D eigenvalue weighted by molar-refractivity contribution is 5.77. The van der Waals surface area contributed by atoms with E-state index in [0.29, 0.717) is 16.9 Å². The molecule has 7 heteroatoms. The number of aliphatic hydroxyl groups is 1. The van der Waals surface area contributed by atoms with Gasteiger partial charge in [0.2, 0.25) is 0 Å². The Morgan fingerprint density at radius 3 is 2.64 bits per heavy atom. The van der Waals surface area contributed by atoms with Crippen molar-refractivity contribution < 1.29 is 19.0 Å². The van der Waals surface area contributed by atoms with E-state index in [2.05, 4.69) is 4.98 Å². The Bertz CT molecular complexity index is 925. The lowest BCUT2D eigenvalue weighted by Crippen LogP contribution is -2.30. The number of nitrogens with zero attached hydrogens (tertiary/aromatic N) is 2. The minimum absolute atomic E-state index is 0.0141. The minimum atomic E-state index is -0.903. The van der Waals surface area contributed by atoms with Gasteiger partial charge in [0.15, 0.2) is 0 Å². The van der Waals surface area contributed by atoms with Crippen molar-refractivity contribution in [2.45, 2.75) is 12.6 Å². The molecule has 0 fully saturated rings. The third-order valence-electron chi connectivity index (χ3n) is 3.70. The van der Waals surface area contributed by atoms with Crippen molar-refractivity contribution in [1.82, 2.24) is 9.55 Å². The predicted octanol–water partition coefficient (Wildman–Crippen LogP) is 1.98. The number of halogens is 1. The third-order valence-corrected chi connectivity index (χ3v) is 3.70.